The highest BCUT2D eigenvalue weighted by atomic mass is 32.2. The van der Waals surface area contributed by atoms with Gasteiger partial charge < -0.3 is 11.1 Å². The lowest BCUT2D eigenvalue weighted by molar-refractivity contribution is 0.560. The average molecular weight is 243 g/mol. The van der Waals surface area contributed by atoms with Crippen LogP contribution >= 0.6 is 0 Å². The van der Waals surface area contributed by atoms with Crippen LogP contribution in [0.15, 0.2) is 18.3 Å². The fourth-order valence-corrected chi connectivity index (χ4v) is 1.29. The lowest BCUT2D eigenvalue weighted by Gasteiger charge is -2.23. The number of aromatic nitrogens is 1. The maximum Gasteiger partial charge on any atom is 0.154 e. The van der Waals surface area contributed by atoms with Crippen LogP contribution in [0.2, 0.25) is 0 Å². The summed E-state index contributed by atoms with van der Waals surface area (Å²) >= 11 is 0. The summed E-state index contributed by atoms with van der Waals surface area (Å²) in [6, 6.07) is 3.43. The zero-order valence-electron chi connectivity index (χ0n) is 9.69. The van der Waals surface area contributed by atoms with Crippen LogP contribution in [-0.2, 0) is 9.84 Å². The molecule has 0 spiro atoms. The summed E-state index contributed by atoms with van der Waals surface area (Å²) in [6.07, 6.45) is 2.81. The number of anilines is 2. The van der Waals surface area contributed by atoms with E-state index in [1.165, 1.54) is 6.26 Å². The van der Waals surface area contributed by atoms with E-state index < -0.39 is 14.6 Å². The van der Waals surface area contributed by atoms with Crippen molar-refractivity contribution in [3.05, 3.63) is 18.3 Å². The van der Waals surface area contributed by atoms with Crippen LogP contribution in [0.25, 0.3) is 0 Å². The molecule has 1 aromatic heterocycles. The van der Waals surface area contributed by atoms with Crippen LogP contribution in [0.3, 0.4) is 0 Å². The smallest absolute Gasteiger partial charge is 0.154 e. The highest BCUT2D eigenvalue weighted by Gasteiger charge is 2.29. The van der Waals surface area contributed by atoms with Crippen molar-refractivity contribution in [1.29, 1.82) is 0 Å². The molecule has 0 aliphatic rings. The molecule has 16 heavy (non-hydrogen) atoms. The van der Waals surface area contributed by atoms with Crippen molar-refractivity contribution in [3.8, 4) is 0 Å². The Balaban J connectivity index is 2.68. The number of hydrogen-bond acceptors (Lipinski definition) is 5. The van der Waals surface area contributed by atoms with Gasteiger partial charge in [-0.1, -0.05) is 0 Å². The molecule has 6 heteroatoms. The first kappa shape index (κ1) is 12.8. The number of rotatable bonds is 4. The van der Waals surface area contributed by atoms with Crippen LogP contribution in [-0.4, -0.2) is 30.9 Å². The fraction of sp³-hybridized carbons (Fsp3) is 0.500. The van der Waals surface area contributed by atoms with E-state index in [-0.39, 0.29) is 0 Å². The van der Waals surface area contributed by atoms with E-state index >= 15 is 0 Å². The molecule has 0 saturated heterocycles. The SMILES string of the molecule is CC(C)(CNc1ccc(N)nc1)S(C)(=O)=O. The summed E-state index contributed by atoms with van der Waals surface area (Å²) < 4.78 is 22.1. The molecule has 1 aromatic rings. The molecule has 0 atom stereocenters. The average Bonchev–Trinajstić information content (AvgIpc) is 2.15. The van der Waals surface area contributed by atoms with Crippen LogP contribution in [0.5, 0.6) is 0 Å². The van der Waals surface area contributed by atoms with Gasteiger partial charge in [0, 0.05) is 12.8 Å². The molecule has 0 radical (unpaired) electrons. The summed E-state index contributed by atoms with van der Waals surface area (Å²) in [6.45, 7) is 3.69. The zero-order valence-corrected chi connectivity index (χ0v) is 10.5. The van der Waals surface area contributed by atoms with Crippen LogP contribution in [0.1, 0.15) is 13.8 Å². The largest absolute Gasteiger partial charge is 0.384 e. The maximum absolute atomic E-state index is 11.5. The zero-order chi connectivity index (χ0) is 12.4. The van der Waals surface area contributed by atoms with Crippen molar-refractivity contribution in [1.82, 2.24) is 4.98 Å². The fourth-order valence-electron chi connectivity index (χ4n) is 0.956. The van der Waals surface area contributed by atoms with Gasteiger partial charge >= 0.3 is 0 Å². The minimum absolute atomic E-state index is 0.331. The topological polar surface area (TPSA) is 85.1 Å². The van der Waals surface area contributed by atoms with Gasteiger partial charge in [-0.15, -0.1) is 0 Å². The van der Waals surface area contributed by atoms with Gasteiger partial charge in [0.1, 0.15) is 5.82 Å². The monoisotopic (exact) mass is 243 g/mol. The molecular weight excluding hydrogens is 226 g/mol. The third kappa shape index (κ3) is 3.10. The van der Waals surface area contributed by atoms with Crippen molar-refractivity contribution >= 4 is 21.3 Å². The minimum Gasteiger partial charge on any atom is -0.384 e. The number of nitrogens with two attached hydrogens (primary N) is 1. The Kier molecular flexibility index (Phi) is 3.42. The Hall–Kier alpha value is -1.30. The van der Waals surface area contributed by atoms with Gasteiger partial charge in [-0.25, -0.2) is 13.4 Å². The second kappa shape index (κ2) is 4.29. The second-order valence-corrected chi connectivity index (χ2v) is 7.01. The number of sulfone groups is 1. The molecule has 0 saturated carbocycles. The van der Waals surface area contributed by atoms with Gasteiger partial charge in [0.05, 0.1) is 16.6 Å². The Labute approximate surface area is 96.0 Å². The van der Waals surface area contributed by atoms with Gasteiger partial charge in [0.2, 0.25) is 0 Å². The van der Waals surface area contributed by atoms with E-state index in [2.05, 4.69) is 10.3 Å². The first-order chi connectivity index (χ1) is 7.22. The van der Waals surface area contributed by atoms with E-state index in [0.29, 0.717) is 12.4 Å². The third-order valence-electron chi connectivity index (χ3n) is 2.51. The molecule has 0 aromatic carbocycles. The first-order valence-electron chi connectivity index (χ1n) is 4.87. The number of pyridine rings is 1. The summed E-state index contributed by atoms with van der Waals surface area (Å²) in [5.41, 5.74) is 6.20. The first-order valence-corrected chi connectivity index (χ1v) is 6.76. The molecule has 90 valence electrons. The summed E-state index contributed by atoms with van der Waals surface area (Å²) in [5, 5.41) is 3.02. The molecule has 0 unspecified atom stereocenters. The third-order valence-corrected chi connectivity index (χ3v) is 4.66. The number of nitrogen functional groups attached to an aromatic ring is 1. The summed E-state index contributed by atoms with van der Waals surface area (Å²) in [5.74, 6) is 0.438. The highest BCUT2D eigenvalue weighted by molar-refractivity contribution is 7.92. The molecule has 0 fully saturated rings. The quantitative estimate of drug-likeness (QED) is 0.820. The Morgan fingerprint density at radius 3 is 2.50 bits per heavy atom. The van der Waals surface area contributed by atoms with Crippen molar-refractivity contribution in [2.45, 2.75) is 18.6 Å². The van der Waals surface area contributed by atoms with E-state index in [0.717, 1.165) is 5.69 Å². The highest BCUT2D eigenvalue weighted by Crippen LogP contribution is 2.16. The van der Waals surface area contributed by atoms with E-state index in [1.807, 2.05) is 0 Å². The van der Waals surface area contributed by atoms with Crippen LogP contribution in [0.4, 0.5) is 11.5 Å². The number of nitrogens with one attached hydrogen (secondary N) is 1. The Morgan fingerprint density at radius 2 is 2.06 bits per heavy atom. The molecule has 1 heterocycles. The van der Waals surface area contributed by atoms with Gasteiger partial charge in [0.15, 0.2) is 9.84 Å². The van der Waals surface area contributed by atoms with Gasteiger partial charge in [-0.05, 0) is 26.0 Å². The lowest BCUT2D eigenvalue weighted by atomic mass is 10.2. The number of nitrogens with zero attached hydrogens (tertiary/aromatic N) is 1. The van der Waals surface area contributed by atoms with Crippen molar-refractivity contribution in [3.63, 3.8) is 0 Å². The normalized spacial score (nSPS) is 12.4. The van der Waals surface area contributed by atoms with Crippen LogP contribution < -0.4 is 11.1 Å². The molecular formula is C10H17N3O2S. The van der Waals surface area contributed by atoms with Crippen LogP contribution in [0, 0.1) is 0 Å². The Bertz CT molecular complexity index is 451. The number of hydrogen-bond donors (Lipinski definition) is 2. The van der Waals surface area contributed by atoms with Gasteiger partial charge in [0.25, 0.3) is 0 Å². The van der Waals surface area contributed by atoms with Crippen molar-refractivity contribution in [2.24, 2.45) is 0 Å². The molecule has 3 N–H and O–H groups in total. The maximum atomic E-state index is 11.5. The second-order valence-electron chi connectivity index (χ2n) is 4.36. The van der Waals surface area contributed by atoms with Gasteiger partial charge in [-0.3, -0.25) is 0 Å². The molecule has 1 rings (SSSR count). The van der Waals surface area contributed by atoms with E-state index in [9.17, 15) is 8.42 Å². The van der Waals surface area contributed by atoms with Crippen molar-refractivity contribution in [2.75, 3.05) is 23.9 Å². The lowest BCUT2D eigenvalue weighted by Crippen LogP contribution is -2.38. The molecule has 0 bridgehead atoms. The molecule has 0 aliphatic carbocycles. The summed E-state index contributed by atoms with van der Waals surface area (Å²) in [7, 11) is -3.09. The molecule has 5 nitrogen and oxygen atoms in total. The Morgan fingerprint density at radius 1 is 1.44 bits per heavy atom. The predicted octanol–water partition coefficient (Wildman–Crippen LogP) is 0.899. The van der Waals surface area contributed by atoms with E-state index in [4.69, 9.17) is 5.73 Å². The standard InChI is InChI=1S/C10H17N3O2S/c1-10(2,16(3,14)15)7-13-8-4-5-9(11)12-6-8/h4-6,13H,7H2,1-3H3,(H2,11,12). The summed E-state index contributed by atoms with van der Waals surface area (Å²) in [4.78, 5) is 3.91. The molecule has 0 amide bonds. The predicted molar refractivity (Wildman–Crippen MR) is 66.1 cm³/mol. The van der Waals surface area contributed by atoms with Crippen molar-refractivity contribution < 1.29 is 8.42 Å². The minimum atomic E-state index is -3.09. The van der Waals surface area contributed by atoms with E-state index in [1.54, 1.807) is 32.2 Å². The van der Waals surface area contributed by atoms with Gasteiger partial charge in [-0.2, -0.15) is 0 Å². The molecule has 0 aliphatic heterocycles.